The van der Waals surface area contributed by atoms with Crippen LogP contribution in [0.15, 0.2) is 47.2 Å². The third kappa shape index (κ3) is 3.33. The SMILES string of the molecule is Cc1cc(C(=O)N(Cc2cccnc2)c2nc3c(C)ccc(C)c3s2)no1. The van der Waals surface area contributed by atoms with Crippen LogP contribution in [0, 0.1) is 20.8 Å². The van der Waals surface area contributed by atoms with Gasteiger partial charge in [0.2, 0.25) is 0 Å². The van der Waals surface area contributed by atoms with E-state index >= 15 is 0 Å². The van der Waals surface area contributed by atoms with E-state index in [-0.39, 0.29) is 11.6 Å². The highest BCUT2D eigenvalue weighted by molar-refractivity contribution is 7.22. The van der Waals surface area contributed by atoms with Crippen molar-refractivity contribution in [1.29, 1.82) is 0 Å². The molecule has 0 fully saturated rings. The predicted molar refractivity (Wildman–Crippen MR) is 105 cm³/mol. The topological polar surface area (TPSA) is 72.1 Å². The molecule has 0 bridgehead atoms. The fourth-order valence-electron chi connectivity index (χ4n) is 2.87. The summed E-state index contributed by atoms with van der Waals surface area (Å²) in [5.41, 5.74) is 4.34. The lowest BCUT2D eigenvalue weighted by molar-refractivity contribution is 0.0976. The second kappa shape index (κ2) is 6.92. The Kier molecular flexibility index (Phi) is 4.45. The molecule has 0 radical (unpaired) electrons. The van der Waals surface area contributed by atoms with Crippen molar-refractivity contribution in [3.8, 4) is 0 Å². The molecule has 0 N–H and O–H groups in total. The minimum absolute atomic E-state index is 0.245. The number of nitrogens with zero attached hydrogens (tertiary/aromatic N) is 4. The molecule has 0 aliphatic rings. The van der Waals surface area contributed by atoms with Crippen molar-refractivity contribution < 1.29 is 9.32 Å². The lowest BCUT2D eigenvalue weighted by Crippen LogP contribution is -2.30. The summed E-state index contributed by atoms with van der Waals surface area (Å²) in [4.78, 5) is 23.7. The summed E-state index contributed by atoms with van der Waals surface area (Å²) in [6.07, 6.45) is 3.46. The number of benzene rings is 1. The summed E-state index contributed by atoms with van der Waals surface area (Å²) in [6, 6.07) is 9.56. The number of pyridine rings is 1. The molecule has 0 spiro atoms. The van der Waals surface area contributed by atoms with Crippen molar-refractivity contribution in [1.82, 2.24) is 15.1 Å². The molecule has 3 heterocycles. The first-order chi connectivity index (χ1) is 13.0. The van der Waals surface area contributed by atoms with Crippen LogP contribution in [-0.2, 0) is 6.54 Å². The minimum atomic E-state index is -0.245. The summed E-state index contributed by atoms with van der Waals surface area (Å²) >= 11 is 1.51. The van der Waals surface area contributed by atoms with Gasteiger partial charge in [-0.15, -0.1) is 0 Å². The van der Waals surface area contributed by atoms with Gasteiger partial charge in [0, 0.05) is 18.5 Å². The zero-order valence-electron chi connectivity index (χ0n) is 15.3. The molecule has 0 aliphatic carbocycles. The van der Waals surface area contributed by atoms with Crippen molar-refractivity contribution in [3.63, 3.8) is 0 Å². The summed E-state index contributed by atoms with van der Waals surface area (Å²) in [6.45, 7) is 6.20. The number of rotatable bonds is 4. The van der Waals surface area contributed by atoms with Crippen LogP contribution in [0.4, 0.5) is 5.13 Å². The van der Waals surface area contributed by atoms with Gasteiger partial charge in [-0.3, -0.25) is 14.7 Å². The highest BCUT2D eigenvalue weighted by atomic mass is 32.1. The first-order valence-electron chi connectivity index (χ1n) is 8.54. The Morgan fingerprint density at radius 3 is 2.67 bits per heavy atom. The van der Waals surface area contributed by atoms with Crippen LogP contribution in [-0.4, -0.2) is 21.0 Å². The normalized spacial score (nSPS) is 11.1. The Bertz CT molecular complexity index is 1080. The van der Waals surface area contributed by atoms with Gasteiger partial charge < -0.3 is 4.52 Å². The van der Waals surface area contributed by atoms with Crippen molar-refractivity contribution in [2.45, 2.75) is 27.3 Å². The molecule has 4 aromatic rings. The van der Waals surface area contributed by atoms with E-state index in [1.54, 1.807) is 30.3 Å². The third-order valence-electron chi connectivity index (χ3n) is 4.32. The average Bonchev–Trinajstić information content (AvgIpc) is 3.30. The van der Waals surface area contributed by atoms with E-state index in [1.165, 1.54) is 11.3 Å². The van der Waals surface area contributed by atoms with E-state index < -0.39 is 0 Å². The van der Waals surface area contributed by atoms with Gasteiger partial charge in [0.15, 0.2) is 10.8 Å². The number of thiazole rings is 1. The maximum atomic E-state index is 13.2. The van der Waals surface area contributed by atoms with Gasteiger partial charge in [-0.1, -0.05) is 34.7 Å². The van der Waals surface area contributed by atoms with Crippen LogP contribution in [0.2, 0.25) is 0 Å². The number of amides is 1. The molecule has 0 aliphatic heterocycles. The third-order valence-corrected chi connectivity index (χ3v) is 5.53. The molecule has 6 nitrogen and oxygen atoms in total. The van der Waals surface area contributed by atoms with Crippen LogP contribution >= 0.6 is 11.3 Å². The van der Waals surface area contributed by atoms with Crippen molar-refractivity contribution in [2.75, 3.05) is 4.90 Å². The first kappa shape index (κ1) is 17.4. The second-order valence-electron chi connectivity index (χ2n) is 6.45. The van der Waals surface area contributed by atoms with Gasteiger partial charge in [0.1, 0.15) is 5.76 Å². The molecule has 7 heteroatoms. The number of anilines is 1. The highest BCUT2D eigenvalue weighted by Gasteiger charge is 2.25. The van der Waals surface area contributed by atoms with E-state index in [2.05, 4.69) is 29.2 Å². The molecule has 27 heavy (non-hydrogen) atoms. The van der Waals surface area contributed by atoms with Gasteiger partial charge in [0.25, 0.3) is 5.91 Å². The van der Waals surface area contributed by atoms with Gasteiger partial charge in [-0.25, -0.2) is 4.98 Å². The number of fused-ring (bicyclic) bond motifs is 1. The number of hydrogen-bond acceptors (Lipinski definition) is 6. The standard InChI is InChI=1S/C20H18N4O2S/c1-12-6-7-13(2)18-17(12)22-20(27-18)24(11-15-5-4-8-21-10-15)19(25)16-9-14(3)26-23-16/h4-10H,11H2,1-3H3. The minimum Gasteiger partial charge on any atom is -0.361 e. The Morgan fingerprint density at radius 2 is 2.00 bits per heavy atom. The largest absolute Gasteiger partial charge is 0.361 e. The number of carbonyl (C=O) groups is 1. The van der Waals surface area contributed by atoms with Crippen LogP contribution in [0.25, 0.3) is 10.2 Å². The van der Waals surface area contributed by atoms with Crippen molar-refractivity contribution in [3.05, 3.63) is 70.9 Å². The molecule has 4 rings (SSSR count). The molecule has 1 aromatic carbocycles. The van der Waals surface area contributed by atoms with Crippen LogP contribution in [0.5, 0.6) is 0 Å². The predicted octanol–water partition coefficient (Wildman–Crippen LogP) is 4.45. The maximum absolute atomic E-state index is 13.2. The van der Waals surface area contributed by atoms with E-state index in [4.69, 9.17) is 9.51 Å². The van der Waals surface area contributed by atoms with Crippen molar-refractivity contribution in [2.24, 2.45) is 0 Å². The number of aromatic nitrogens is 3. The highest BCUT2D eigenvalue weighted by Crippen LogP contribution is 2.34. The van der Waals surface area contributed by atoms with Crippen LogP contribution in [0.1, 0.15) is 32.9 Å². The van der Waals surface area contributed by atoms with Gasteiger partial charge in [-0.05, 0) is 43.5 Å². The Hall–Kier alpha value is -3.06. The van der Waals surface area contributed by atoms with Crippen molar-refractivity contribution >= 4 is 32.6 Å². The maximum Gasteiger partial charge on any atom is 0.282 e. The number of hydrogen-bond donors (Lipinski definition) is 0. The van der Waals surface area contributed by atoms with E-state index in [0.29, 0.717) is 17.4 Å². The molecule has 0 saturated heterocycles. The average molecular weight is 378 g/mol. The Balaban J connectivity index is 1.81. The monoisotopic (exact) mass is 378 g/mol. The zero-order chi connectivity index (χ0) is 19.0. The van der Waals surface area contributed by atoms with E-state index in [9.17, 15) is 4.79 Å². The fraction of sp³-hybridized carbons (Fsp3) is 0.200. The smallest absolute Gasteiger partial charge is 0.282 e. The van der Waals surface area contributed by atoms with E-state index in [1.807, 2.05) is 19.1 Å². The Labute approximate surface area is 160 Å². The van der Waals surface area contributed by atoms with E-state index in [0.717, 1.165) is 26.9 Å². The fourth-order valence-corrected chi connectivity index (χ4v) is 3.98. The number of aryl methyl sites for hydroxylation is 3. The Morgan fingerprint density at radius 1 is 1.19 bits per heavy atom. The summed E-state index contributed by atoms with van der Waals surface area (Å²) in [7, 11) is 0. The molecule has 0 atom stereocenters. The second-order valence-corrected chi connectivity index (χ2v) is 7.43. The summed E-state index contributed by atoms with van der Waals surface area (Å²) < 4.78 is 6.18. The van der Waals surface area contributed by atoms with Gasteiger partial charge in [-0.2, -0.15) is 0 Å². The summed E-state index contributed by atoms with van der Waals surface area (Å²) in [5.74, 6) is 0.348. The molecule has 3 aromatic heterocycles. The molecular formula is C20H18N4O2S. The number of carbonyl (C=O) groups excluding carboxylic acids is 1. The lowest BCUT2D eigenvalue weighted by Gasteiger charge is -2.18. The van der Waals surface area contributed by atoms with Gasteiger partial charge >= 0.3 is 0 Å². The first-order valence-corrected chi connectivity index (χ1v) is 9.35. The van der Waals surface area contributed by atoms with Gasteiger partial charge in [0.05, 0.1) is 16.8 Å². The molecule has 0 saturated carbocycles. The quantitative estimate of drug-likeness (QED) is 0.524. The van der Waals surface area contributed by atoms with Crippen LogP contribution in [0.3, 0.4) is 0 Å². The van der Waals surface area contributed by atoms with Crippen LogP contribution < -0.4 is 4.90 Å². The summed E-state index contributed by atoms with van der Waals surface area (Å²) in [5, 5.41) is 4.52. The molecule has 0 unspecified atom stereocenters. The molecular weight excluding hydrogens is 360 g/mol. The molecule has 1 amide bonds. The lowest BCUT2D eigenvalue weighted by atomic mass is 10.1. The zero-order valence-corrected chi connectivity index (χ0v) is 16.1. The molecule has 136 valence electrons.